The van der Waals surface area contributed by atoms with Crippen molar-refractivity contribution in [3.05, 3.63) is 16.7 Å². The summed E-state index contributed by atoms with van der Waals surface area (Å²) in [6.07, 6.45) is 1.35. The normalized spacial score (nSPS) is 17.9. The molecule has 0 bridgehead atoms. The largest absolute Gasteiger partial charge is 1.00 e. The van der Waals surface area contributed by atoms with Gasteiger partial charge in [0.05, 0.1) is 0 Å². The molecule has 1 saturated heterocycles. The smallest absolute Gasteiger partial charge is 0.240 e. The van der Waals surface area contributed by atoms with Crippen molar-refractivity contribution in [3.8, 4) is 0 Å². The second-order valence-corrected chi connectivity index (χ2v) is 4.59. The second-order valence-electron chi connectivity index (χ2n) is 2.12. The average molecular weight is 166 g/mol. The quantitative estimate of drug-likeness (QED) is 0.365. The van der Waals surface area contributed by atoms with E-state index in [2.05, 4.69) is 13.8 Å². The van der Waals surface area contributed by atoms with Crippen LogP contribution in [0.2, 0.25) is 0 Å². The van der Waals surface area contributed by atoms with Crippen LogP contribution in [-0.4, -0.2) is 11.5 Å². The monoisotopic (exact) mass is 166 g/mol. The van der Waals surface area contributed by atoms with Crippen LogP contribution in [0.3, 0.4) is 0 Å². The second kappa shape index (κ2) is 5.54. The molecule has 0 saturated carbocycles. The summed E-state index contributed by atoms with van der Waals surface area (Å²) < 4.78 is 1.45. The summed E-state index contributed by atoms with van der Waals surface area (Å²) in [7, 11) is 0. The summed E-state index contributed by atoms with van der Waals surface area (Å²) >= 11 is 3.90. The predicted molar refractivity (Wildman–Crippen MR) is 47.6 cm³/mol. The fraction of sp³-hybridized carbons (Fsp3) is 0.571. The predicted octanol–water partition coefficient (Wildman–Crippen LogP) is -0.0739. The maximum Gasteiger partial charge on any atom is 1.00 e. The van der Waals surface area contributed by atoms with Crippen molar-refractivity contribution < 1.29 is 18.9 Å². The SMILES string of the molecule is [CH2-]C(C)=C1SCCCS1.[Li+]. The third-order valence-electron chi connectivity index (χ3n) is 1.10. The molecule has 0 unspecified atom stereocenters. The van der Waals surface area contributed by atoms with E-state index >= 15 is 0 Å². The summed E-state index contributed by atoms with van der Waals surface area (Å²) in [4.78, 5) is 0. The van der Waals surface area contributed by atoms with E-state index in [1.54, 1.807) is 0 Å². The van der Waals surface area contributed by atoms with Gasteiger partial charge in [-0.1, -0.05) is 6.92 Å². The van der Waals surface area contributed by atoms with Crippen molar-refractivity contribution >= 4 is 23.5 Å². The zero-order chi connectivity index (χ0) is 6.69. The molecule has 52 valence electrons. The van der Waals surface area contributed by atoms with Crippen LogP contribution in [0.5, 0.6) is 0 Å². The molecule has 0 aliphatic carbocycles. The molecule has 0 aromatic carbocycles. The van der Waals surface area contributed by atoms with E-state index in [4.69, 9.17) is 0 Å². The van der Waals surface area contributed by atoms with E-state index in [0.29, 0.717) is 0 Å². The summed E-state index contributed by atoms with van der Waals surface area (Å²) in [6.45, 7) is 5.98. The first-order chi connectivity index (χ1) is 4.30. The molecule has 0 radical (unpaired) electrons. The van der Waals surface area contributed by atoms with Crippen molar-refractivity contribution in [2.45, 2.75) is 13.3 Å². The molecule has 0 aromatic rings. The molecule has 10 heavy (non-hydrogen) atoms. The fourth-order valence-corrected chi connectivity index (χ4v) is 3.13. The minimum atomic E-state index is 0. The van der Waals surface area contributed by atoms with Gasteiger partial charge in [0.15, 0.2) is 0 Å². The molecule has 0 N–H and O–H groups in total. The maximum absolute atomic E-state index is 3.90. The Bertz CT molecular complexity index is 120. The molecule has 3 heteroatoms. The van der Waals surface area contributed by atoms with Gasteiger partial charge >= 0.3 is 18.9 Å². The average Bonchev–Trinajstić information content (AvgIpc) is 1.90. The van der Waals surface area contributed by atoms with E-state index in [-0.39, 0.29) is 18.9 Å². The van der Waals surface area contributed by atoms with Gasteiger partial charge < -0.3 is 0 Å². The Hall–Kier alpha value is 0.907. The van der Waals surface area contributed by atoms with E-state index in [0.717, 1.165) is 0 Å². The van der Waals surface area contributed by atoms with Gasteiger partial charge in [-0.25, -0.2) is 36.0 Å². The number of hydrogen-bond acceptors (Lipinski definition) is 2. The van der Waals surface area contributed by atoms with Gasteiger partial charge in [0.25, 0.3) is 0 Å². The number of allylic oxidation sites excluding steroid dienone is 1. The molecular formula is C7H11LiS2. The molecule has 1 aliphatic rings. The van der Waals surface area contributed by atoms with Crippen LogP contribution >= 0.6 is 23.5 Å². The Labute approximate surface area is 83.8 Å². The van der Waals surface area contributed by atoms with Crippen LogP contribution in [0, 0.1) is 6.92 Å². The Morgan fingerprint density at radius 2 is 1.90 bits per heavy atom. The third kappa shape index (κ3) is 3.34. The molecule has 0 atom stereocenters. The zero-order valence-corrected chi connectivity index (χ0v) is 8.28. The van der Waals surface area contributed by atoms with Crippen LogP contribution < -0.4 is 18.9 Å². The molecule has 0 spiro atoms. The first-order valence-electron chi connectivity index (χ1n) is 3.09. The van der Waals surface area contributed by atoms with Crippen LogP contribution in [0.4, 0.5) is 0 Å². The number of hydrogen-bond donors (Lipinski definition) is 0. The third-order valence-corrected chi connectivity index (χ3v) is 4.02. The standard InChI is InChI=1S/C7H11S2.Li/c1-6(2)7-8-4-3-5-9-7;/h1,3-5H2,2H3;/q-1;+1. The van der Waals surface area contributed by atoms with Crippen molar-refractivity contribution in [2.24, 2.45) is 0 Å². The molecule has 1 aliphatic heterocycles. The first-order valence-corrected chi connectivity index (χ1v) is 5.06. The van der Waals surface area contributed by atoms with Gasteiger partial charge in [-0.3, -0.25) is 0 Å². The van der Waals surface area contributed by atoms with Crippen molar-refractivity contribution in [2.75, 3.05) is 11.5 Å². The molecular weight excluding hydrogens is 155 g/mol. The van der Waals surface area contributed by atoms with Gasteiger partial charge in [-0.05, 0) is 17.9 Å². The van der Waals surface area contributed by atoms with Gasteiger partial charge in [-0.15, -0.1) is 4.24 Å². The summed E-state index contributed by atoms with van der Waals surface area (Å²) in [5, 5.41) is 0. The van der Waals surface area contributed by atoms with Crippen molar-refractivity contribution in [3.63, 3.8) is 0 Å². The minimum absolute atomic E-state index is 0. The number of rotatable bonds is 0. The van der Waals surface area contributed by atoms with Crippen LogP contribution in [-0.2, 0) is 0 Å². The van der Waals surface area contributed by atoms with E-state index in [9.17, 15) is 0 Å². The molecule has 0 nitrogen and oxygen atoms in total. The Kier molecular flexibility index (Phi) is 6.05. The maximum atomic E-state index is 3.90. The van der Waals surface area contributed by atoms with Gasteiger partial charge in [-0.2, -0.15) is 0 Å². The molecule has 1 heterocycles. The molecule has 1 rings (SSSR count). The fourth-order valence-electron chi connectivity index (χ4n) is 0.677. The first kappa shape index (κ1) is 10.9. The van der Waals surface area contributed by atoms with Crippen LogP contribution in [0.25, 0.3) is 0 Å². The van der Waals surface area contributed by atoms with Gasteiger partial charge in [0.1, 0.15) is 0 Å². The van der Waals surface area contributed by atoms with Crippen LogP contribution in [0.1, 0.15) is 13.3 Å². The summed E-state index contributed by atoms with van der Waals surface area (Å²) in [6, 6.07) is 0. The van der Waals surface area contributed by atoms with Crippen molar-refractivity contribution in [1.82, 2.24) is 0 Å². The van der Waals surface area contributed by atoms with E-state index < -0.39 is 0 Å². The zero-order valence-electron chi connectivity index (χ0n) is 6.64. The minimum Gasteiger partial charge on any atom is -0.240 e. The molecule has 1 fully saturated rings. The summed E-state index contributed by atoms with van der Waals surface area (Å²) in [5.41, 5.74) is 1.24. The molecule has 0 aromatic heterocycles. The Morgan fingerprint density at radius 1 is 1.40 bits per heavy atom. The van der Waals surface area contributed by atoms with Gasteiger partial charge in [0.2, 0.25) is 0 Å². The Morgan fingerprint density at radius 3 is 2.20 bits per heavy atom. The summed E-state index contributed by atoms with van der Waals surface area (Å²) in [5.74, 6) is 2.57. The molecule has 0 amide bonds. The number of thioether (sulfide) groups is 2. The van der Waals surface area contributed by atoms with E-state index in [1.807, 2.05) is 23.5 Å². The van der Waals surface area contributed by atoms with Crippen molar-refractivity contribution in [1.29, 1.82) is 0 Å². The van der Waals surface area contributed by atoms with E-state index in [1.165, 1.54) is 27.7 Å². The topological polar surface area (TPSA) is 0 Å². The Balaban J connectivity index is 0.000000810. The van der Waals surface area contributed by atoms with Gasteiger partial charge in [0, 0.05) is 0 Å². The van der Waals surface area contributed by atoms with Crippen LogP contribution in [0.15, 0.2) is 9.81 Å².